The monoisotopic (exact) mass is 400 g/mol. The molecule has 4 rings (SSSR count). The molecule has 0 spiro atoms. The lowest BCUT2D eigenvalue weighted by atomic mass is 10.1. The second-order valence-electron chi connectivity index (χ2n) is 6.88. The summed E-state index contributed by atoms with van der Waals surface area (Å²) < 4.78 is 24.7. The molecule has 1 aliphatic carbocycles. The molecule has 0 saturated carbocycles. The van der Waals surface area contributed by atoms with Crippen LogP contribution in [0.5, 0.6) is 5.75 Å². The van der Waals surface area contributed by atoms with Crippen LogP contribution in [-0.2, 0) is 22.4 Å². The van der Waals surface area contributed by atoms with Gasteiger partial charge in [-0.3, -0.25) is 0 Å². The van der Waals surface area contributed by atoms with Gasteiger partial charge in [0.05, 0.1) is 12.6 Å². The van der Waals surface area contributed by atoms with E-state index < -0.39 is 6.10 Å². The second kappa shape index (κ2) is 8.14. The van der Waals surface area contributed by atoms with E-state index in [1.807, 2.05) is 30.3 Å². The molecular formula is C21H21FN2O3S. The minimum atomic E-state index is -0.590. The zero-order chi connectivity index (χ0) is 19.5. The van der Waals surface area contributed by atoms with Crippen LogP contribution in [0.2, 0.25) is 0 Å². The van der Waals surface area contributed by atoms with Crippen molar-refractivity contribution in [3.05, 3.63) is 65.0 Å². The zero-order valence-electron chi connectivity index (χ0n) is 15.2. The summed E-state index contributed by atoms with van der Waals surface area (Å²) in [5, 5.41) is 6.69. The molecule has 28 heavy (non-hydrogen) atoms. The first-order valence-corrected chi connectivity index (χ1v) is 9.75. The Morgan fingerprint density at radius 1 is 1.25 bits per heavy atom. The predicted octanol–water partition coefficient (Wildman–Crippen LogP) is 2.82. The van der Waals surface area contributed by atoms with E-state index in [9.17, 15) is 9.18 Å². The highest BCUT2D eigenvalue weighted by Gasteiger charge is 2.30. The van der Waals surface area contributed by atoms with E-state index in [-0.39, 0.29) is 24.4 Å². The number of benzene rings is 2. The lowest BCUT2D eigenvalue weighted by Crippen LogP contribution is -2.39. The number of hydrogen-bond donors (Lipinski definition) is 2. The Morgan fingerprint density at radius 3 is 2.96 bits per heavy atom. The number of fused-ring (bicyclic) bond motifs is 2. The van der Waals surface area contributed by atoms with E-state index in [1.165, 1.54) is 6.07 Å². The number of nitrogens with one attached hydrogen (secondary N) is 2. The Labute approximate surface area is 168 Å². The van der Waals surface area contributed by atoms with E-state index in [2.05, 4.69) is 10.6 Å². The predicted molar refractivity (Wildman–Crippen MR) is 107 cm³/mol. The molecular weight excluding hydrogens is 379 g/mol. The Hall–Kier alpha value is -2.67. The standard InChI is InChI=1S/C21H21FN2O3S/c22-16-6-3-5-15-14(16)8-9-17(15)24-21(28)23-10-11-26-20(25)19-12-13-4-1-2-7-18(13)27-19/h1-7,17,19H,8-12H2,(H2,23,24,28). The van der Waals surface area contributed by atoms with Crippen molar-refractivity contribution in [2.24, 2.45) is 0 Å². The maximum atomic E-state index is 13.8. The molecule has 0 bridgehead atoms. The smallest absolute Gasteiger partial charge is 0.347 e. The van der Waals surface area contributed by atoms with Crippen LogP contribution in [0, 0.1) is 5.82 Å². The van der Waals surface area contributed by atoms with Crippen LogP contribution in [0.3, 0.4) is 0 Å². The van der Waals surface area contributed by atoms with Gasteiger partial charge in [0, 0.05) is 6.42 Å². The third-order valence-corrected chi connectivity index (χ3v) is 5.32. The molecule has 146 valence electrons. The molecule has 0 saturated heterocycles. The topological polar surface area (TPSA) is 59.6 Å². The summed E-state index contributed by atoms with van der Waals surface area (Å²) >= 11 is 5.31. The maximum absolute atomic E-state index is 13.8. The number of carbonyl (C=O) groups excluding carboxylic acids is 1. The zero-order valence-corrected chi connectivity index (χ0v) is 16.1. The number of thiocarbonyl (C=S) groups is 1. The number of carbonyl (C=O) groups is 1. The van der Waals surface area contributed by atoms with Crippen molar-refractivity contribution in [3.8, 4) is 5.75 Å². The number of esters is 1. The van der Waals surface area contributed by atoms with E-state index in [0.29, 0.717) is 24.5 Å². The summed E-state index contributed by atoms with van der Waals surface area (Å²) in [7, 11) is 0. The van der Waals surface area contributed by atoms with Gasteiger partial charge in [-0.2, -0.15) is 0 Å². The van der Waals surface area contributed by atoms with Crippen LogP contribution in [-0.4, -0.2) is 30.3 Å². The first kappa shape index (κ1) is 18.7. The van der Waals surface area contributed by atoms with E-state index in [1.54, 1.807) is 6.07 Å². The Balaban J connectivity index is 1.18. The van der Waals surface area contributed by atoms with Gasteiger partial charge in [-0.1, -0.05) is 30.3 Å². The van der Waals surface area contributed by atoms with Crippen LogP contribution in [0.4, 0.5) is 4.39 Å². The van der Waals surface area contributed by atoms with Crippen molar-refractivity contribution in [1.29, 1.82) is 0 Å². The number of rotatable bonds is 5. The fraction of sp³-hybridized carbons (Fsp3) is 0.333. The fourth-order valence-corrected chi connectivity index (χ4v) is 3.94. The molecule has 0 fully saturated rings. The minimum absolute atomic E-state index is 0.00126. The van der Waals surface area contributed by atoms with E-state index in [0.717, 1.165) is 28.9 Å². The molecule has 2 atom stereocenters. The highest BCUT2D eigenvalue weighted by molar-refractivity contribution is 7.80. The van der Waals surface area contributed by atoms with Gasteiger partial charge in [0.1, 0.15) is 18.2 Å². The van der Waals surface area contributed by atoms with Gasteiger partial charge in [0.15, 0.2) is 11.2 Å². The van der Waals surface area contributed by atoms with Crippen LogP contribution < -0.4 is 15.4 Å². The summed E-state index contributed by atoms with van der Waals surface area (Å²) in [5.74, 6) is 0.196. The van der Waals surface area contributed by atoms with E-state index >= 15 is 0 Å². The summed E-state index contributed by atoms with van der Waals surface area (Å²) in [6.45, 7) is 0.576. The summed E-state index contributed by atoms with van der Waals surface area (Å²) in [6.07, 6.45) is 1.43. The molecule has 2 aromatic rings. The molecule has 2 aliphatic rings. The first-order chi connectivity index (χ1) is 13.6. The molecule has 0 amide bonds. The van der Waals surface area contributed by atoms with Gasteiger partial charge in [-0.15, -0.1) is 0 Å². The Bertz CT molecular complexity index is 880. The Morgan fingerprint density at radius 2 is 2.11 bits per heavy atom. The highest BCUT2D eigenvalue weighted by atomic mass is 32.1. The quantitative estimate of drug-likeness (QED) is 0.457. The summed E-state index contributed by atoms with van der Waals surface area (Å²) in [4.78, 5) is 12.1. The van der Waals surface area contributed by atoms with Crippen LogP contribution in [0.15, 0.2) is 42.5 Å². The van der Waals surface area contributed by atoms with Crippen molar-refractivity contribution in [2.75, 3.05) is 13.2 Å². The van der Waals surface area contributed by atoms with Gasteiger partial charge in [0.2, 0.25) is 0 Å². The molecule has 5 nitrogen and oxygen atoms in total. The fourth-order valence-electron chi connectivity index (χ4n) is 3.69. The van der Waals surface area contributed by atoms with E-state index in [4.69, 9.17) is 21.7 Å². The Kier molecular flexibility index (Phi) is 5.43. The average Bonchev–Trinajstić information content (AvgIpc) is 3.30. The normalized spacial score (nSPS) is 19.3. The molecule has 0 aromatic heterocycles. The van der Waals surface area contributed by atoms with Gasteiger partial charge < -0.3 is 20.1 Å². The molecule has 7 heteroatoms. The van der Waals surface area contributed by atoms with Crippen LogP contribution in [0.1, 0.15) is 29.2 Å². The third kappa shape index (κ3) is 3.94. The van der Waals surface area contributed by atoms with Crippen molar-refractivity contribution in [2.45, 2.75) is 31.4 Å². The van der Waals surface area contributed by atoms with Gasteiger partial charge in [-0.05, 0) is 53.9 Å². The molecule has 0 radical (unpaired) electrons. The summed E-state index contributed by atoms with van der Waals surface area (Å²) in [5.41, 5.74) is 2.73. The maximum Gasteiger partial charge on any atom is 0.347 e. The third-order valence-electron chi connectivity index (χ3n) is 5.06. The van der Waals surface area contributed by atoms with Crippen molar-refractivity contribution in [3.63, 3.8) is 0 Å². The average molecular weight is 400 g/mol. The summed E-state index contributed by atoms with van der Waals surface area (Å²) in [6, 6.07) is 12.7. The second-order valence-corrected chi connectivity index (χ2v) is 7.29. The van der Waals surface area contributed by atoms with Crippen molar-refractivity contribution in [1.82, 2.24) is 10.6 Å². The van der Waals surface area contributed by atoms with Crippen LogP contribution >= 0.6 is 12.2 Å². The number of hydrogen-bond acceptors (Lipinski definition) is 4. The van der Waals surface area contributed by atoms with Crippen molar-refractivity contribution >= 4 is 23.3 Å². The number of para-hydroxylation sites is 1. The van der Waals surface area contributed by atoms with Crippen LogP contribution in [0.25, 0.3) is 0 Å². The highest BCUT2D eigenvalue weighted by Crippen LogP contribution is 2.32. The SMILES string of the molecule is O=C(OCCNC(=S)NC1CCc2c(F)cccc21)C1Cc2ccccc2O1. The van der Waals surface area contributed by atoms with Crippen molar-refractivity contribution < 1.29 is 18.7 Å². The molecule has 1 aliphatic heterocycles. The first-order valence-electron chi connectivity index (χ1n) is 9.34. The molecule has 2 aromatic carbocycles. The van der Waals surface area contributed by atoms with Gasteiger partial charge in [-0.25, -0.2) is 9.18 Å². The lowest BCUT2D eigenvalue weighted by Gasteiger charge is -2.17. The number of halogens is 1. The molecule has 2 N–H and O–H groups in total. The lowest BCUT2D eigenvalue weighted by molar-refractivity contribution is -0.150. The number of ether oxygens (including phenoxy) is 2. The molecule has 2 unspecified atom stereocenters. The van der Waals surface area contributed by atoms with Gasteiger partial charge in [0.25, 0.3) is 0 Å². The largest absolute Gasteiger partial charge is 0.478 e. The minimum Gasteiger partial charge on any atom is -0.478 e. The molecule has 1 heterocycles. The van der Waals surface area contributed by atoms with Gasteiger partial charge >= 0.3 is 5.97 Å².